The minimum Gasteiger partial charge on any atom is -0.394 e. The van der Waals surface area contributed by atoms with E-state index in [4.69, 9.17) is 0 Å². The molecule has 1 unspecified atom stereocenters. The normalized spacial score (nSPS) is 23.8. The Labute approximate surface area is 117 Å². The van der Waals surface area contributed by atoms with E-state index in [9.17, 15) is 5.11 Å². The van der Waals surface area contributed by atoms with E-state index in [0.29, 0.717) is 0 Å². The Balaban J connectivity index is 2.27. The van der Waals surface area contributed by atoms with Crippen LogP contribution in [0.25, 0.3) is 0 Å². The Morgan fingerprint density at radius 2 is 2.06 bits per heavy atom. The molecule has 1 aromatic rings. The van der Waals surface area contributed by atoms with Crippen LogP contribution in [0.15, 0.2) is 28.7 Å². The van der Waals surface area contributed by atoms with E-state index in [2.05, 4.69) is 64.3 Å². The molecule has 0 saturated carbocycles. The van der Waals surface area contributed by atoms with Crippen LogP contribution < -0.4 is 10.2 Å². The fourth-order valence-electron chi connectivity index (χ4n) is 2.43. The monoisotopic (exact) mass is 312 g/mol. The average Bonchev–Trinajstić information content (AvgIpc) is 2.48. The predicted molar refractivity (Wildman–Crippen MR) is 79.0 cm³/mol. The molecule has 1 aliphatic heterocycles. The van der Waals surface area contributed by atoms with E-state index in [1.54, 1.807) is 0 Å². The van der Waals surface area contributed by atoms with Crippen LogP contribution in [0.1, 0.15) is 13.8 Å². The van der Waals surface area contributed by atoms with Gasteiger partial charge < -0.3 is 15.3 Å². The lowest BCUT2D eigenvalue weighted by Gasteiger charge is -2.35. The Kier molecular flexibility index (Phi) is 4.30. The molecule has 3 nitrogen and oxygen atoms in total. The predicted octanol–water partition coefficient (Wildman–Crippen LogP) is 2.25. The maximum Gasteiger partial charge on any atom is 0.0647 e. The maximum atomic E-state index is 9.58. The van der Waals surface area contributed by atoms with Crippen LogP contribution in [0, 0.1) is 5.41 Å². The molecule has 18 heavy (non-hydrogen) atoms. The van der Waals surface area contributed by atoms with Crippen molar-refractivity contribution in [2.75, 3.05) is 31.1 Å². The summed E-state index contributed by atoms with van der Waals surface area (Å²) in [4.78, 5) is 2.31. The number of aliphatic hydroxyl groups excluding tert-OH is 1. The van der Waals surface area contributed by atoms with Gasteiger partial charge >= 0.3 is 0 Å². The summed E-state index contributed by atoms with van der Waals surface area (Å²) in [6.45, 7) is 7.45. The first-order valence-corrected chi connectivity index (χ1v) is 7.15. The van der Waals surface area contributed by atoms with Gasteiger partial charge in [-0.05, 0) is 29.7 Å². The van der Waals surface area contributed by atoms with Gasteiger partial charge in [0, 0.05) is 29.8 Å². The van der Waals surface area contributed by atoms with Crippen LogP contribution in [0.4, 0.5) is 5.69 Å². The van der Waals surface area contributed by atoms with Gasteiger partial charge in [-0.1, -0.05) is 29.8 Å². The molecule has 2 N–H and O–H groups in total. The molecular formula is C14H21BrN2O. The van der Waals surface area contributed by atoms with E-state index in [0.717, 1.165) is 24.1 Å². The number of rotatable bonds is 2. The zero-order valence-corrected chi connectivity index (χ0v) is 12.6. The molecule has 2 rings (SSSR count). The molecule has 0 aliphatic carbocycles. The molecule has 1 aromatic carbocycles. The van der Waals surface area contributed by atoms with E-state index in [1.165, 1.54) is 5.69 Å². The van der Waals surface area contributed by atoms with Crippen molar-refractivity contribution in [3.05, 3.63) is 28.7 Å². The van der Waals surface area contributed by atoms with Gasteiger partial charge in [0.1, 0.15) is 0 Å². The summed E-state index contributed by atoms with van der Waals surface area (Å²) < 4.78 is 1.08. The number of anilines is 1. The molecule has 1 atom stereocenters. The molecule has 0 spiro atoms. The third-order valence-electron chi connectivity index (χ3n) is 3.39. The van der Waals surface area contributed by atoms with E-state index in [-0.39, 0.29) is 18.1 Å². The molecule has 0 amide bonds. The Hall–Kier alpha value is -0.580. The highest BCUT2D eigenvalue weighted by Crippen LogP contribution is 2.27. The summed E-state index contributed by atoms with van der Waals surface area (Å²) in [5.74, 6) is 0. The fourth-order valence-corrected chi connectivity index (χ4v) is 2.70. The van der Waals surface area contributed by atoms with Crippen LogP contribution in [-0.4, -0.2) is 37.4 Å². The lowest BCUT2D eigenvalue weighted by molar-refractivity contribution is 0.258. The van der Waals surface area contributed by atoms with Crippen LogP contribution in [-0.2, 0) is 0 Å². The molecule has 1 heterocycles. The zero-order valence-electron chi connectivity index (χ0n) is 11.0. The summed E-state index contributed by atoms with van der Waals surface area (Å²) in [6.07, 6.45) is 0. The highest BCUT2D eigenvalue weighted by Gasteiger charge is 2.30. The average molecular weight is 313 g/mol. The smallest absolute Gasteiger partial charge is 0.0647 e. The second kappa shape index (κ2) is 5.59. The van der Waals surface area contributed by atoms with Crippen molar-refractivity contribution in [2.45, 2.75) is 19.9 Å². The number of hydrogen-bond acceptors (Lipinski definition) is 3. The number of halogens is 1. The number of nitrogens with one attached hydrogen (secondary N) is 1. The second-order valence-electron chi connectivity index (χ2n) is 5.74. The van der Waals surface area contributed by atoms with Gasteiger partial charge in [-0.3, -0.25) is 0 Å². The number of hydrogen-bond donors (Lipinski definition) is 2. The third kappa shape index (κ3) is 3.25. The first-order chi connectivity index (χ1) is 8.52. The highest BCUT2D eigenvalue weighted by molar-refractivity contribution is 9.10. The summed E-state index contributed by atoms with van der Waals surface area (Å²) in [7, 11) is 0. The van der Waals surface area contributed by atoms with Crippen molar-refractivity contribution in [3.63, 3.8) is 0 Å². The molecule has 1 saturated heterocycles. The largest absolute Gasteiger partial charge is 0.394 e. The standard InChI is InChI=1S/C14H21BrN2O/c1-14(2)9-16-7-13(8-18)17(10-14)12-5-3-11(15)4-6-12/h3-6,13,16,18H,7-10H2,1-2H3. The van der Waals surface area contributed by atoms with Crippen LogP contribution in [0.3, 0.4) is 0 Å². The van der Waals surface area contributed by atoms with Crippen LogP contribution >= 0.6 is 15.9 Å². The van der Waals surface area contributed by atoms with Crippen molar-refractivity contribution in [1.82, 2.24) is 5.32 Å². The minimum absolute atomic E-state index is 0.146. The van der Waals surface area contributed by atoms with Crippen molar-refractivity contribution < 1.29 is 5.11 Å². The van der Waals surface area contributed by atoms with Gasteiger partial charge in [-0.25, -0.2) is 0 Å². The van der Waals surface area contributed by atoms with Gasteiger partial charge in [0.2, 0.25) is 0 Å². The lowest BCUT2D eigenvalue weighted by atomic mass is 9.93. The molecule has 0 aromatic heterocycles. The Bertz CT molecular complexity index is 391. The van der Waals surface area contributed by atoms with Crippen LogP contribution in [0.2, 0.25) is 0 Å². The molecular weight excluding hydrogens is 292 g/mol. The SMILES string of the molecule is CC1(C)CNCC(CO)N(c2ccc(Br)cc2)C1. The van der Waals surface area contributed by atoms with Gasteiger partial charge in [0.15, 0.2) is 0 Å². The first kappa shape index (κ1) is 13.8. The number of nitrogens with zero attached hydrogens (tertiary/aromatic N) is 1. The summed E-state index contributed by atoms with van der Waals surface area (Å²) in [5, 5.41) is 13.0. The first-order valence-electron chi connectivity index (χ1n) is 6.36. The van der Waals surface area contributed by atoms with Gasteiger partial charge in [0.25, 0.3) is 0 Å². The van der Waals surface area contributed by atoms with Gasteiger partial charge in [-0.2, -0.15) is 0 Å². The zero-order chi connectivity index (χ0) is 13.2. The molecule has 4 heteroatoms. The van der Waals surface area contributed by atoms with Crippen molar-refractivity contribution in [1.29, 1.82) is 0 Å². The van der Waals surface area contributed by atoms with Gasteiger partial charge in [-0.15, -0.1) is 0 Å². The van der Waals surface area contributed by atoms with E-state index in [1.807, 2.05) is 0 Å². The number of aliphatic hydroxyl groups is 1. The fraction of sp³-hybridized carbons (Fsp3) is 0.571. The third-order valence-corrected chi connectivity index (χ3v) is 3.92. The van der Waals surface area contributed by atoms with Crippen molar-refractivity contribution >= 4 is 21.6 Å². The second-order valence-corrected chi connectivity index (χ2v) is 6.65. The molecule has 0 bridgehead atoms. The molecule has 1 aliphatic rings. The van der Waals surface area contributed by atoms with E-state index >= 15 is 0 Å². The Morgan fingerprint density at radius 3 is 2.67 bits per heavy atom. The van der Waals surface area contributed by atoms with Crippen molar-refractivity contribution in [2.24, 2.45) is 5.41 Å². The topological polar surface area (TPSA) is 35.5 Å². The lowest BCUT2D eigenvalue weighted by Crippen LogP contribution is -2.44. The van der Waals surface area contributed by atoms with E-state index < -0.39 is 0 Å². The molecule has 100 valence electrons. The quantitative estimate of drug-likeness (QED) is 0.879. The summed E-state index contributed by atoms with van der Waals surface area (Å²) in [6, 6.07) is 8.46. The van der Waals surface area contributed by atoms with Crippen LogP contribution in [0.5, 0.6) is 0 Å². The maximum absolute atomic E-state index is 9.58. The number of benzene rings is 1. The van der Waals surface area contributed by atoms with Gasteiger partial charge in [0.05, 0.1) is 12.6 Å². The van der Waals surface area contributed by atoms with Crippen molar-refractivity contribution in [3.8, 4) is 0 Å². The summed E-state index contributed by atoms with van der Waals surface area (Å²) in [5.41, 5.74) is 1.38. The minimum atomic E-state index is 0.146. The molecule has 0 radical (unpaired) electrons. The molecule has 1 fully saturated rings. The summed E-state index contributed by atoms with van der Waals surface area (Å²) >= 11 is 3.46. The highest BCUT2D eigenvalue weighted by atomic mass is 79.9. The Morgan fingerprint density at radius 1 is 1.39 bits per heavy atom.